The number of nitrogens with two attached hydrogens (primary N) is 2. The van der Waals surface area contributed by atoms with Crippen LogP contribution in [-0.4, -0.2) is 30.8 Å². The molecular weight excluding hydrogens is 352 g/mol. The van der Waals surface area contributed by atoms with Crippen molar-refractivity contribution >= 4 is 33.7 Å². The summed E-state index contributed by atoms with van der Waals surface area (Å²) in [7, 11) is 3.98. The fourth-order valence-corrected chi connectivity index (χ4v) is 3.51. The van der Waals surface area contributed by atoms with Gasteiger partial charge in [-0.15, -0.1) is 0 Å². The highest BCUT2D eigenvalue weighted by molar-refractivity contribution is 5.98. The van der Waals surface area contributed by atoms with Crippen LogP contribution in [0.4, 0.5) is 0 Å². The molecule has 0 spiro atoms. The molecular formula is C20H22N8. The van der Waals surface area contributed by atoms with Gasteiger partial charge in [-0.05, 0) is 36.4 Å². The summed E-state index contributed by atoms with van der Waals surface area (Å²) in [4.78, 5) is 9.44. The van der Waals surface area contributed by atoms with E-state index in [-0.39, 0.29) is 11.7 Å². The zero-order valence-electron chi connectivity index (χ0n) is 15.8. The first-order chi connectivity index (χ1) is 13.3. The van der Waals surface area contributed by atoms with Gasteiger partial charge in [-0.1, -0.05) is 0 Å². The number of benzene rings is 2. The van der Waals surface area contributed by atoms with Gasteiger partial charge in [-0.25, -0.2) is 9.97 Å². The first kappa shape index (κ1) is 17.7. The molecule has 4 rings (SSSR count). The second-order valence-corrected chi connectivity index (χ2v) is 6.91. The summed E-state index contributed by atoms with van der Waals surface area (Å²) in [6, 6.07) is 11.3. The molecule has 0 amide bonds. The van der Waals surface area contributed by atoms with Gasteiger partial charge >= 0.3 is 0 Å². The summed E-state index contributed by atoms with van der Waals surface area (Å²) in [6.45, 7) is 0. The smallest absolute Gasteiger partial charge is 0.122 e. The molecule has 0 aliphatic heterocycles. The summed E-state index contributed by atoms with van der Waals surface area (Å²) in [6.07, 6.45) is 1.47. The number of rotatable bonds is 5. The molecule has 2 aromatic heterocycles. The SMILES string of the molecule is Cn1c(CCc2nc3cc(C(=N)N)ccc3n2C)nc2cc(C(=N)N)ccc21. The number of aromatic nitrogens is 4. The minimum Gasteiger partial charge on any atom is -0.384 e. The van der Waals surface area contributed by atoms with Gasteiger partial charge in [-0.2, -0.15) is 0 Å². The lowest BCUT2D eigenvalue weighted by atomic mass is 10.2. The summed E-state index contributed by atoms with van der Waals surface area (Å²) >= 11 is 0. The molecule has 0 aliphatic rings. The van der Waals surface area contributed by atoms with E-state index in [1.807, 2.05) is 50.5 Å². The molecule has 28 heavy (non-hydrogen) atoms. The number of nitrogen functional groups attached to an aromatic ring is 2. The van der Waals surface area contributed by atoms with Gasteiger partial charge in [0.15, 0.2) is 0 Å². The van der Waals surface area contributed by atoms with E-state index in [1.165, 1.54) is 0 Å². The van der Waals surface area contributed by atoms with Crippen molar-refractivity contribution in [1.82, 2.24) is 19.1 Å². The number of amidine groups is 2. The standard InChI is InChI=1S/C20H22N8/c1-27-15-5-3-11(19(21)22)9-13(15)25-17(27)7-8-18-26-14-10-12(20(23)24)4-6-16(14)28(18)2/h3-6,9-10H,7-8H2,1-2H3,(H3,21,22)(H3,23,24). The van der Waals surface area contributed by atoms with Gasteiger partial charge in [0.05, 0.1) is 22.1 Å². The van der Waals surface area contributed by atoms with Crippen LogP contribution in [0.25, 0.3) is 22.1 Å². The maximum absolute atomic E-state index is 7.59. The van der Waals surface area contributed by atoms with Crippen LogP contribution in [0.1, 0.15) is 22.8 Å². The van der Waals surface area contributed by atoms with Crippen molar-refractivity contribution in [3.8, 4) is 0 Å². The van der Waals surface area contributed by atoms with E-state index in [2.05, 4.69) is 9.13 Å². The molecule has 0 atom stereocenters. The maximum Gasteiger partial charge on any atom is 0.122 e. The molecule has 4 aromatic rings. The molecule has 0 saturated heterocycles. The normalized spacial score (nSPS) is 11.4. The van der Waals surface area contributed by atoms with Crippen LogP contribution in [0.3, 0.4) is 0 Å². The molecule has 2 aromatic carbocycles. The number of nitrogens with one attached hydrogen (secondary N) is 2. The number of imidazole rings is 2. The maximum atomic E-state index is 7.59. The Hall–Kier alpha value is -3.68. The third kappa shape index (κ3) is 2.88. The summed E-state index contributed by atoms with van der Waals surface area (Å²) in [5.41, 5.74) is 16.2. The van der Waals surface area contributed by atoms with Crippen molar-refractivity contribution in [3.63, 3.8) is 0 Å². The minimum absolute atomic E-state index is 0.0405. The number of nitrogens with zero attached hydrogens (tertiary/aromatic N) is 4. The number of hydrogen-bond acceptors (Lipinski definition) is 4. The second kappa shape index (κ2) is 6.49. The molecule has 8 heteroatoms. The molecule has 0 radical (unpaired) electrons. The summed E-state index contributed by atoms with van der Waals surface area (Å²) in [5, 5.41) is 15.2. The van der Waals surface area contributed by atoms with Crippen molar-refractivity contribution in [2.24, 2.45) is 25.6 Å². The Morgan fingerprint density at radius 1 is 0.786 bits per heavy atom. The van der Waals surface area contributed by atoms with Gasteiger partial charge in [0.1, 0.15) is 23.3 Å². The second-order valence-electron chi connectivity index (χ2n) is 6.91. The average Bonchev–Trinajstić information content (AvgIpc) is 3.16. The van der Waals surface area contributed by atoms with Crippen molar-refractivity contribution in [1.29, 1.82) is 10.8 Å². The predicted octanol–water partition coefficient (Wildman–Crippen LogP) is 1.81. The molecule has 0 aliphatic carbocycles. The minimum atomic E-state index is 0.0405. The molecule has 142 valence electrons. The van der Waals surface area contributed by atoms with Crippen LogP contribution in [-0.2, 0) is 26.9 Å². The predicted molar refractivity (Wildman–Crippen MR) is 111 cm³/mol. The van der Waals surface area contributed by atoms with E-state index in [1.54, 1.807) is 0 Å². The molecule has 0 unspecified atom stereocenters. The highest BCUT2D eigenvalue weighted by Gasteiger charge is 2.13. The highest BCUT2D eigenvalue weighted by atomic mass is 15.1. The van der Waals surface area contributed by atoms with E-state index >= 15 is 0 Å². The lowest BCUT2D eigenvalue weighted by molar-refractivity contribution is 0.732. The summed E-state index contributed by atoms with van der Waals surface area (Å²) < 4.78 is 4.13. The highest BCUT2D eigenvalue weighted by Crippen LogP contribution is 2.20. The van der Waals surface area contributed by atoms with Crippen LogP contribution < -0.4 is 11.5 Å². The average molecular weight is 374 g/mol. The van der Waals surface area contributed by atoms with Crippen LogP contribution in [0.15, 0.2) is 36.4 Å². The van der Waals surface area contributed by atoms with Gasteiger partial charge in [0.2, 0.25) is 0 Å². The zero-order valence-corrected chi connectivity index (χ0v) is 15.8. The number of hydrogen-bond donors (Lipinski definition) is 4. The van der Waals surface area contributed by atoms with E-state index in [9.17, 15) is 0 Å². The Labute approximate surface area is 161 Å². The monoisotopic (exact) mass is 374 g/mol. The number of aryl methyl sites for hydroxylation is 4. The molecule has 0 saturated carbocycles. The lowest BCUT2D eigenvalue weighted by Crippen LogP contribution is -2.10. The third-order valence-electron chi connectivity index (χ3n) is 5.14. The van der Waals surface area contributed by atoms with Gasteiger partial charge in [0.25, 0.3) is 0 Å². The van der Waals surface area contributed by atoms with E-state index in [0.29, 0.717) is 11.1 Å². The fourth-order valence-electron chi connectivity index (χ4n) is 3.51. The van der Waals surface area contributed by atoms with E-state index in [4.69, 9.17) is 32.3 Å². The Morgan fingerprint density at radius 3 is 1.54 bits per heavy atom. The Morgan fingerprint density at radius 2 is 1.18 bits per heavy atom. The van der Waals surface area contributed by atoms with Gasteiger partial charge < -0.3 is 20.6 Å². The van der Waals surface area contributed by atoms with Crippen LogP contribution >= 0.6 is 0 Å². The summed E-state index contributed by atoms with van der Waals surface area (Å²) in [5.74, 6) is 1.98. The van der Waals surface area contributed by atoms with Crippen molar-refractivity contribution in [2.45, 2.75) is 12.8 Å². The Kier molecular flexibility index (Phi) is 4.11. The third-order valence-corrected chi connectivity index (χ3v) is 5.14. The van der Waals surface area contributed by atoms with E-state index in [0.717, 1.165) is 46.6 Å². The number of fused-ring (bicyclic) bond motifs is 2. The van der Waals surface area contributed by atoms with Gasteiger partial charge in [0, 0.05) is 38.1 Å². The molecule has 0 bridgehead atoms. The fraction of sp³-hybridized carbons (Fsp3) is 0.200. The molecule has 8 nitrogen and oxygen atoms in total. The first-order valence-corrected chi connectivity index (χ1v) is 8.94. The van der Waals surface area contributed by atoms with Crippen LogP contribution in [0, 0.1) is 10.8 Å². The first-order valence-electron chi connectivity index (χ1n) is 8.94. The van der Waals surface area contributed by atoms with Crippen molar-refractivity contribution in [3.05, 3.63) is 59.2 Å². The van der Waals surface area contributed by atoms with Crippen molar-refractivity contribution in [2.75, 3.05) is 0 Å². The van der Waals surface area contributed by atoms with Gasteiger partial charge in [-0.3, -0.25) is 10.8 Å². The largest absolute Gasteiger partial charge is 0.384 e. The topological polar surface area (TPSA) is 135 Å². The van der Waals surface area contributed by atoms with E-state index < -0.39 is 0 Å². The zero-order chi connectivity index (χ0) is 20.0. The Bertz CT molecular complexity index is 1150. The Balaban J connectivity index is 1.64. The van der Waals surface area contributed by atoms with Crippen LogP contribution in [0.2, 0.25) is 0 Å². The lowest BCUT2D eigenvalue weighted by Gasteiger charge is -2.04. The van der Waals surface area contributed by atoms with Crippen LogP contribution in [0.5, 0.6) is 0 Å². The quantitative estimate of drug-likeness (QED) is 0.313. The molecule has 2 heterocycles. The molecule has 0 fully saturated rings. The molecule has 6 N–H and O–H groups in total. The van der Waals surface area contributed by atoms with Crippen molar-refractivity contribution < 1.29 is 0 Å².